The van der Waals surface area contributed by atoms with Crippen molar-refractivity contribution in [2.45, 2.75) is 13.5 Å². The lowest BCUT2D eigenvalue weighted by molar-refractivity contribution is 0.0782. The van der Waals surface area contributed by atoms with Crippen molar-refractivity contribution in [1.29, 1.82) is 0 Å². The number of aromatic amines is 1. The molecule has 0 saturated heterocycles. The molecule has 0 fully saturated rings. The lowest BCUT2D eigenvalue weighted by atomic mass is 10.2. The summed E-state index contributed by atoms with van der Waals surface area (Å²) in [5, 5.41) is 9.72. The molecule has 7 heteroatoms. The third-order valence-electron chi connectivity index (χ3n) is 2.69. The monoisotopic (exact) mass is 260 g/mol. The molecule has 2 N–H and O–H groups in total. The van der Waals surface area contributed by atoms with Crippen LogP contribution in [0.25, 0.3) is 0 Å². The normalized spacial score (nSPS) is 10.3. The molecular weight excluding hydrogens is 244 g/mol. The van der Waals surface area contributed by atoms with E-state index in [0.29, 0.717) is 23.6 Å². The lowest BCUT2D eigenvalue weighted by Gasteiger charge is -2.17. The standard InChI is InChI=1S/C12H16N6O/c1-8-15-11(17-16-8)7-18(3)12(19)9-4-5-14-6-10(9)13-2/h4-6,13H,7H2,1-3H3,(H,15,16,17). The topological polar surface area (TPSA) is 86.8 Å². The van der Waals surface area contributed by atoms with E-state index in [0.717, 1.165) is 5.82 Å². The highest BCUT2D eigenvalue weighted by atomic mass is 16.2. The highest BCUT2D eigenvalue weighted by Crippen LogP contribution is 2.15. The number of nitrogens with one attached hydrogen (secondary N) is 2. The average Bonchev–Trinajstić information content (AvgIpc) is 2.83. The van der Waals surface area contributed by atoms with Gasteiger partial charge in [-0.3, -0.25) is 14.9 Å². The van der Waals surface area contributed by atoms with Crippen molar-refractivity contribution in [3.05, 3.63) is 35.7 Å². The van der Waals surface area contributed by atoms with E-state index in [2.05, 4.69) is 25.5 Å². The maximum absolute atomic E-state index is 12.3. The van der Waals surface area contributed by atoms with Gasteiger partial charge in [0.15, 0.2) is 5.82 Å². The quantitative estimate of drug-likeness (QED) is 0.850. The number of rotatable bonds is 4. The molecule has 0 saturated carbocycles. The van der Waals surface area contributed by atoms with E-state index in [9.17, 15) is 4.79 Å². The summed E-state index contributed by atoms with van der Waals surface area (Å²) in [6, 6.07) is 1.69. The molecule has 0 unspecified atom stereocenters. The highest BCUT2D eigenvalue weighted by molar-refractivity contribution is 5.99. The van der Waals surface area contributed by atoms with Gasteiger partial charge in [-0.05, 0) is 13.0 Å². The molecule has 100 valence electrons. The van der Waals surface area contributed by atoms with E-state index in [4.69, 9.17) is 0 Å². The molecule has 7 nitrogen and oxygen atoms in total. The van der Waals surface area contributed by atoms with Crippen molar-refractivity contribution in [2.24, 2.45) is 0 Å². The Labute approximate surface area is 111 Å². The van der Waals surface area contributed by atoms with Crippen molar-refractivity contribution in [1.82, 2.24) is 25.1 Å². The number of aryl methyl sites for hydroxylation is 1. The van der Waals surface area contributed by atoms with Gasteiger partial charge in [0.05, 0.1) is 24.0 Å². The molecule has 2 rings (SSSR count). The molecular formula is C12H16N6O. The van der Waals surface area contributed by atoms with E-state index >= 15 is 0 Å². The third-order valence-corrected chi connectivity index (χ3v) is 2.69. The van der Waals surface area contributed by atoms with E-state index in [-0.39, 0.29) is 5.91 Å². The Morgan fingerprint density at radius 1 is 1.53 bits per heavy atom. The molecule has 2 aromatic rings. The van der Waals surface area contributed by atoms with Gasteiger partial charge in [-0.25, -0.2) is 4.98 Å². The first-order chi connectivity index (χ1) is 9.11. The zero-order chi connectivity index (χ0) is 13.8. The smallest absolute Gasteiger partial charge is 0.256 e. The van der Waals surface area contributed by atoms with E-state index in [1.54, 1.807) is 37.5 Å². The van der Waals surface area contributed by atoms with Gasteiger partial charge in [0.25, 0.3) is 5.91 Å². The van der Waals surface area contributed by atoms with Crippen LogP contribution in [0.1, 0.15) is 22.0 Å². The number of carbonyl (C=O) groups excluding carboxylic acids is 1. The first kappa shape index (κ1) is 13.0. The number of carbonyl (C=O) groups is 1. The van der Waals surface area contributed by atoms with Crippen molar-refractivity contribution in [3.8, 4) is 0 Å². The Morgan fingerprint density at radius 2 is 2.32 bits per heavy atom. The van der Waals surface area contributed by atoms with Gasteiger partial charge < -0.3 is 10.2 Å². The van der Waals surface area contributed by atoms with Gasteiger partial charge in [0, 0.05) is 20.3 Å². The van der Waals surface area contributed by atoms with Gasteiger partial charge in [0.1, 0.15) is 5.82 Å². The van der Waals surface area contributed by atoms with E-state index in [1.165, 1.54) is 0 Å². The molecule has 2 heterocycles. The first-order valence-corrected chi connectivity index (χ1v) is 5.87. The van der Waals surface area contributed by atoms with Gasteiger partial charge >= 0.3 is 0 Å². The second-order valence-corrected chi connectivity index (χ2v) is 4.17. The second kappa shape index (κ2) is 5.47. The zero-order valence-electron chi connectivity index (χ0n) is 11.1. The molecule has 1 amide bonds. The summed E-state index contributed by atoms with van der Waals surface area (Å²) in [6.07, 6.45) is 3.22. The number of amides is 1. The molecule has 0 aliphatic carbocycles. The lowest BCUT2D eigenvalue weighted by Crippen LogP contribution is -2.27. The molecule has 0 aliphatic heterocycles. The minimum absolute atomic E-state index is 0.103. The second-order valence-electron chi connectivity index (χ2n) is 4.17. The van der Waals surface area contributed by atoms with E-state index < -0.39 is 0 Å². The molecule has 0 atom stereocenters. The number of pyridine rings is 1. The van der Waals surface area contributed by atoms with Gasteiger partial charge in [-0.15, -0.1) is 0 Å². The molecule has 0 aromatic carbocycles. The average molecular weight is 260 g/mol. The molecule has 0 bridgehead atoms. The summed E-state index contributed by atoms with van der Waals surface area (Å²) < 4.78 is 0. The Balaban J connectivity index is 2.14. The Morgan fingerprint density at radius 3 is 2.95 bits per heavy atom. The SMILES string of the molecule is CNc1cnccc1C(=O)N(C)Cc1n[nH]c(C)n1. The third kappa shape index (κ3) is 2.87. The summed E-state index contributed by atoms with van der Waals surface area (Å²) in [4.78, 5) is 22.1. The summed E-state index contributed by atoms with van der Waals surface area (Å²) in [5.41, 5.74) is 1.28. The fourth-order valence-corrected chi connectivity index (χ4v) is 1.73. The zero-order valence-corrected chi connectivity index (χ0v) is 11.1. The number of hydrogen-bond acceptors (Lipinski definition) is 5. The number of anilines is 1. The van der Waals surface area contributed by atoms with Crippen LogP contribution in [-0.2, 0) is 6.54 Å². The number of hydrogen-bond donors (Lipinski definition) is 2. The minimum atomic E-state index is -0.103. The van der Waals surface area contributed by atoms with Crippen LogP contribution in [0.5, 0.6) is 0 Å². The van der Waals surface area contributed by atoms with Crippen molar-refractivity contribution in [3.63, 3.8) is 0 Å². The number of H-pyrrole nitrogens is 1. The minimum Gasteiger partial charge on any atom is -0.386 e. The van der Waals surface area contributed by atoms with Crippen LogP contribution in [0.3, 0.4) is 0 Å². The van der Waals surface area contributed by atoms with Crippen LogP contribution in [-0.4, -0.2) is 45.1 Å². The van der Waals surface area contributed by atoms with Crippen LogP contribution < -0.4 is 5.32 Å². The van der Waals surface area contributed by atoms with Crippen LogP contribution >= 0.6 is 0 Å². The predicted molar refractivity (Wildman–Crippen MR) is 70.7 cm³/mol. The number of aromatic nitrogens is 4. The van der Waals surface area contributed by atoms with Crippen molar-refractivity contribution >= 4 is 11.6 Å². The molecule has 2 aromatic heterocycles. The Kier molecular flexibility index (Phi) is 3.74. The van der Waals surface area contributed by atoms with Crippen molar-refractivity contribution in [2.75, 3.05) is 19.4 Å². The highest BCUT2D eigenvalue weighted by Gasteiger charge is 2.16. The summed E-state index contributed by atoms with van der Waals surface area (Å²) >= 11 is 0. The first-order valence-electron chi connectivity index (χ1n) is 5.87. The number of nitrogens with zero attached hydrogens (tertiary/aromatic N) is 4. The van der Waals surface area contributed by atoms with E-state index in [1.807, 2.05) is 6.92 Å². The molecule has 0 aliphatic rings. The van der Waals surface area contributed by atoms with Gasteiger partial charge in [0.2, 0.25) is 0 Å². The summed E-state index contributed by atoms with van der Waals surface area (Å²) in [7, 11) is 3.47. The Hall–Kier alpha value is -2.44. The Bertz CT molecular complexity index is 579. The predicted octanol–water partition coefficient (Wildman–Crippen LogP) is 0.822. The van der Waals surface area contributed by atoms with Gasteiger partial charge in [-0.1, -0.05) is 0 Å². The largest absolute Gasteiger partial charge is 0.386 e. The van der Waals surface area contributed by atoms with Crippen LogP contribution in [0.2, 0.25) is 0 Å². The fraction of sp³-hybridized carbons (Fsp3) is 0.333. The molecule has 0 spiro atoms. The van der Waals surface area contributed by atoms with Gasteiger partial charge in [-0.2, -0.15) is 5.10 Å². The maximum atomic E-state index is 12.3. The molecule has 0 radical (unpaired) electrons. The van der Waals surface area contributed by atoms with Crippen LogP contribution in [0.15, 0.2) is 18.5 Å². The fourth-order valence-electron chi connectivity index (χ4n) is 1.73. The van der Waals surface area contributed by atoms with Crippen LogP contribution in [0, 0.1) is 6.92 Å². The summed E-state index contributed by atoms with van der Waals surface area (Å²) in [5.74, 6) is 1.22. The maximum Gasteiger partial charge on any atom is 0.256 e. The van der Waals surface area contributed by atoms with Crippen molar-refractivity contribution < 1.29 is 4.79 Å². The van der Waals surface area contributed by atoms with Crippen LogP contribution in [0.4, 0.5) is 5.69 Å². The molecule has 19 heavy (non-hydrogen) atoms. The summed E-state index contributed by atoms with van der Waals surface area (Å²) in [6.45, 7) is 2.18.